The van der Waals surface area contributed by atoms with E-state index in [4.69, 9.17) is 14.2 Å². The number of aliphatic imine (C=N–C) groups is 1. The summed E-state index contributed by atoms with van der Waals surface area (Å²) in [5, 5.41) is 6.39. The largest absolute Gasteiger partial charge is 0.444 e. The maximum absolute atomic E-state index is 12.1. The van der Waals surface area contributed by atoms with E-state index in [1.807, 2.05) is 27.8 Å². The fraction of sp³-hybridized carbons (Fsp3) is 0.909. The number of alkyl carbamates (subject to hydrolysis) is 1. The summed E-state index contributed by atoms with van der Waals surface area (Å²) in [6.45, 7) is 13.8. The molecule has 1 unspecified atom stereocenters. The molecular formula is C22H45IN4O4. The molecule has 9 heteroatoms. The van der Waals surface area contributed by atoms with Gasteiger partial charge in [0.15, 0.2) is 5.96 Å². The minimum Gasteiger partial charge on any atom is -0.444 e. The van der Waals surface area contributed by atoms with Gasteiger partial charge in [0, 0.05) is 53.0 Å². The zero-order valence-electron chi connectivity index (χ0n) is 20.5. The Bertz CT molecular complexity index is 520. The smallest absolute Gasteiger partial charge is 0.407 e. The van der Waals surface area contributed by atoms with E-state index in [-0.39, 0.29) is 36.1 Å². The molecular weight excluding hydrogens is 511 g/mol. The number of rotatable bonds is 10. The third-order valence-electron chi connectivity index (χ3n) is 4.98. The van der Waals surface area contributed by atoms with Crippen LogP contribution in [0.2, 0.25) is 0 Å². The molecule has 0 bridgehead atoms. The first-order valence-electron chi connectivity index (χ1n) is 11.2. The predicted octanol–water partition coefficient (Wildman–Crippen LogP) is 3.64. The standard InChI is InChI=1S/C22H44N4O4.HI/c1-17(2)19(25-21(27)30-22(3,4)5)9-13-26(7)20(23-6)24-12-8-14-29-18-10-15-28-16-11-18;/h17-19H,8-16H2,1-7H3,(H,23,24)(H,25,27);1H. The quantitative estimate of drug-likeness (QED) is 0.185. The average molecular weight is 557 g/mol. The zero-order valence-corrected chi connectivity index (χ0v) is 22.9. The molecule has 8 nitrogen and oxygen atoms in total. The van der Waals surface area contributed by atoms with E-state index in [9.17, 15) is 4.79 Å². The molecule has 1 aliphatic heterocycles. The minimum atomic E-state index is -0.497. The molecule has 0 spiro atoms. The lowest BCUT2D eigenvalue weighted by atomic mass is 10.0. The Hall–Kier alpha value is -0.810. The number of nitrogens with one attached hydrogen (secondary N) is 2. The van der Waals surface area contributed by atoms with E-state index in [0.29, 0.717) is 12.0 Å². The first kappa shape index (κ1) is 30.2. The topological polar surface area (TPSA) is 84.4 Å². The summed E-state index contributed by atoms with van der Waals surface area (Å²) in [5.74, 6) is 1.16. The van der Waals surface area contributed by atoms with Crippen LogP contribution in [0.15, 0.2) is 4.99 Å². The molecule has 0 saturated carbocycles. The summed E-state index contributed by atoms with van der Waals surface area (Å²) in [6, 6.07) is 0.0354. The normalized spacial score (nSPS) is 16.5. The first-order valence-corrected chi connectivity index (χ1v) is 11.2. The maximum atomic E-state index is 12.1. The highest BCUT2D eigenvalue weighted by Gasteiger charge is 2.22. The van der Waals surface area contributed by atoms with Crippen molar-refractivity contribution in [3.63, 3.8) is 0 Å². The van der Waals surface area contributed by atoms with Crippen LogP contribution in [-0.2, 0) is 14.2 Å². The summed E-state index contributed by atoms with van der Waals surface area (Å²) < 4.78 is 16.7. The van der Waals surface area contributed by atoms with E-state index in [0.717, 1.165) is 64.6 Å². The van der Waals surface area contributed by atoms with Crippen molar-refractivity contribution in [2.75, 3.05) is 47.0 Å². The van der Waals surface area contributed by atoms with Gasteiger partial charge in [-0.25, -0.2) is 4.79 Å². The van der Waals surface area contributed by atoms with Gasteiger partial charge < -0.3 is 29.7 Å². The van der Waals surface area contributed by atoms with Crippen LogP contribution in [-0.4, -0.2) is 81.7 Å². The van der Waals surface area contributed by atoms with Crippen molar-refractivity contribution >= 4 is 36.0 Å². The molecule has 1 fully saturated rings. The lowest BCUT2D eigenvalue weighted by Crippen LogP contribution is -2.45. The zero-order chi connectivity index (χ0) is 22.6. The molecule has 1 aliphatic rings. The maximum Gasteiger partial charge on any atom is 0.407 e. The highest BCUT2D eigenvalue weighted by atomic mass is 127. The number of guanidine groups is 1. The number of amides is 1. The highest BCUT2D eigenvalue weighted by Crippen LogP contribution is 2.12. The van der Waals surface area contributed by atoms with Crippen LogP contribution in [0.1, 0.15) is 60.3 Å². The Morgan fingerprint density at radius 2 is 1.90 bits per heavy atom. The molecule has 184 valence electrons. The number of hydrogen-bond acceptors (Lipinski definition) is 5. The SMILES string of the molecule is CN=C(NCCCOC1CCOCC1)N(C)CCC(NC(=O)OC(C)(C)C)C(C)C.I. The van der Waals surface area contributed by atoms with Crippen molar-refractivity contribution in [1.29, 1.82) is 0 Å². The Kier molecular flexibility index (Phi) is 15.5. The Morgan fingerprint density at radius 1 is 1.26 bits per heavy atom. The van der Waals surface area contributed by atoms with Gasteiger partial charge in [0.25, 0.3) is 0 Å². The molecule has 1 saturated heterocycles. The number of carbonyl (C=O) groups is 1. The van der Waals surface area contributed by atoms with Gasteiger partial charge in [-0.1, -0.05) is 13.8 Å². The van der Waals surface area contributed by atoms with Gasteiger partial charge in [0.05, 0.1) is 6.10 Å². The summed E-state index contributed by atoms with van der Waals surface area (Å²) >= 11 is 0. The van der Waals surface area contributed by atoms with Crippen LogP contribution in [0.4, 0.5) is 4.79 Å². The van der Waals surface area contributed by atoms with E-state index in [1.165, 1.54) is 0 Å². The van der Waals surface area contributed by atoms with Crippen molar-refractivity contribution in [3.05, 3.63) is 0 Å². The fourth-order valence-electron chi connectivity index (χ4n) is 3.22. The minimum absolute atomic E-state index is 0. The van der Waals surface area contributed by atoms with Crippen molar-refractivity contribution in [1.82, 2.24) is 15.5 Å². The monoisotopic (exact) mass is 556 g/mol. The second kappa shape index (κ2) is 15.9. The van der Waals surface area contributed by atoms with E-state index < -0.39 is 5.60 Å². The molecule has 2 N–H and O–H groups in total. The van der Waals surface area contributed by atoms with Gasteiger partial charge >= 0.3 is 6.09 Å². The average Bonchev–Trinajstić information content (AvgIpc) is 2.66. The lowest BCUT2D eigenvalue weighted by molar-refractivity contribution is -0.0320. The van der Waals surface area contributed by atoms with Crippen LogP contribution in [0.3, 0.4) is 0 Å². The molecule has 0 aromatic heterocycles. The molecule has 1 atom stereocenters. The number of carbonyl (C=O) groups excluding carboxylic acids is 1. The third-order valence-corrected chi connectivity index (χ3v) is 4.98. The van der Waals surface area contributed by atoms with Crippen LogP contribution >= 0.6 is 24.0 Å². The summed E-state index contributed by atoms with van der Waals surface area (Å²) in [5.41, 5.74) is -0.497. The van der Waals surface area contributed by atoms with E-state index in [2.05, 4.69) is 34.4 Å². The van der Waals surface area contributed by atoms with Gasteiger partial charge in [-0.3, -0.25) is 4.99 Å². The summed E-state index contributed by atoms with van der Waals surface area (Å²) in [4.78, 5) is 18.6. The molecule has 1 amide bonds. The number of ether oxygens (including phenoxy) is 3. The fourth-order valence-corrected chi connectivity index (χ4v) is 3.22. The van der Waals surface area contributed by atoms with Crippen molar-refractivity contribution in [2.45, 2.75) is 78.0 Å². The Labute approximate surface area is 206 Å². The summed E-state index contributed by atoms with van der Waals surface area (Å²) in [7, 11) is 3.80. The predicted molar refractivity (Wildman–Crippen MR) is 136 cm³/mol. The van der Waals surface area contributed by atoms with Crippen LogP contribution in [0.25, 0.3) is 0 Å². The van der Waals surface area contributed by atoms with Crippen molar-refractivity contribution in [3.8, 4) is 0 Å². The van der Waals surface area contributed by atoms with Gasteiger partial charge in [-0.2, -0.15) is 0 Å². The second-order valence-electron chi connectivity index (χ2n) is 9.22. The third kappa shape index (κ3) is 14.1. The molecule has 0 aromatic carbocycles. The first-order chi connectivity index (χ1) is 14.1. The van der Waals surface area contributed by atoms with Crippen molar-refractivity contribution in [2.24, 2.45) is 10.9 Å². The van der Waals surface area contributed by atoms with Crippen LogP contribution in [0, 0.1) is 5.92 Å². The van der Waals surface area contributed by atoms with Gasteiger partial charge in [-0.15, -0.1) is 24.0 Å². The van der Waals surface area contributed by atoms with Gasteiger partial charge in [0.1, 0.15) is 5.60 Å². The molecule has 1 heterocycles. The molecule has 0 aliphatic carbocycles. The molecule has 1 rings (SSSR count). The Morgan fingerprint density at radius 3 is 2.45 bits per heavy atom. The summed E-state index contributed by atoms with van der Waals surface area (Å²) in [6.07, 6.45) is 3.69. The van der Waals surface area contributed by atoms with Gasteiger partial charge in [-0.05, 0) is 52.4 Å². The lowest BCUT2D eigenvalue weighted by Gasteiger charge is -2.28. The second-order valence-corrected chi connectivity index (χ2v) is 9.22. The Balaban J connectivity index is 0.00000900. The van der Waals surface area contributed by atoms with Crippen LogP contribution in [0.5, 0.6) is 0 Å². The van der Waals surface area contributed by atoms with Gasteiger partial charge in [0.2, 0.25) is 0 Å². The van der Waals surface area contributed by atoms with Crippen LogP contribution < -0.4 is 10.6 Å². The highest BCUT2D eigenvalue weighted by molar-refractivity contribution is 14.0. The van der Waals surface area contributed by atoms with Crippen molar-refractivity contribution < 1.29 is 19.0 Å². The molecule has 31 heavy (non-hydrogen) atoms. The molecule has 0 radical (unpaired) electrons. The van der Waals surface area contributed by atoms with E-state index in [1.54, 1.807) is 7.05 Å². The number of hydrogen-bond donors (Lipinski definition) is 2. The molecule has 0 aromatic rings. The number of nitrogens with zero attached hydrogens (tertiary/aromatic N) is 2. The van der Waals surface area contributed by atoms with E-state index >= 15 is 0 Å². The number of halogens is 1.